The first kappa shape index (κ1) is 52.0. The number of ether oxygens (including phenoxy) is 2. The van der Waals surface area contributed by atoms with E-state index in [1.165, 1.54) is 128 Å². The molecule has 0 aliphatic carbocycles. The molecule has 0 radical (unpaired) electrons. The van der Waals surface area contributed by atoms with E-state index in [0.717, 1.165) is 44.9 Å². The fraction of sp³-hybridized carbons (Fsp3) is 0.886. The summed E-state index contributed by atoms with van der Waals surface area (Å²) in [6.45, 7) is 5.40. The molecule has 0 spiro atoms. The van der Waals surface area contributed by atoms with Crippen molar-refractivity contribution in [3.05, 3.63) is 24.3 Å². The second-order valence-corrected chi connectivity index (χ2v) is 17.5. The number of phosphoric ester groups is 1. The largest absolute Gasteiger partial charge is 0.756 e. The van der Waals surface area contributed by atoms with E-state index < -0.39 is 13.9 Å². The first-order valence-corrected chi connectivity index (χ1v) is 23.5. The molecule has 9 heteroatoms. The molecule has 0 saturated heterocycles. The van der Waals surface area contributed by atoms with Crippen molar-refractivity contribution in [1.29, 1.82) is 0 Å². The number of allylic oxidation sites excluding steroid dienone is 4. The lowest BCUT2D eigenvalue weighted by atomic mass is 10.0. The van der Waals surface area contributed by atoms with E-state index in [4.69, 9.17) is 18.5 Å². The number of nitrogens with zero attached hydrogens (tertiary/aromatic N) is 1. The number of carbonyl (C=O) groups is 1. The van der Waals surface area contributed by atoms with Gasteiger partial charge in [0, 0.05) is 13.0 Å². The van der Waals surface area contributed by atoms with Crippen LogP contribution in [0.2, 0.25) is 0 Å². The SMILES string of the molecule is CCCCC/C=C\C/C=C\CCCCCCCCCC(=O)O[C@H](COCCCCCCCCCCCCCCCC)COP(=O)([O-])OCC[N+](C)(C)C. The maximum absolute atomic E-state index is 12.7. The van der Waals surface area contributed by atoms with Gasteiger partial charge in [0.2, 0.25) is 0 Å². The van der Waals surface area contributed by atoms with Gasteiger partial charge in [0.05, 0.1) is 34.4 Å². The van der Waals surface area contributed by atoms with Crippen LogP contribution in [0.1, 0.15) is 194 Å². The zero-order valence-corrected chi connectivity index (χ0v) is 36.4. The van der Waals surface area contributed by atoms with Gasteiger partial charge in [-0.15, -0.1) is 0 Å². The normalized spacial score (nSPS) is 14.0. The van der Waals surface area contributed by atoms with Gasteiger partial charge in [0.15, 0.2) is 0 Å². The van der Waals surface area contributed by atoms with Gasteiger partial charge in [0.25, 0.3) is 7.82 Å². The van der Waals surface area contributed by atoms with E-state index in [9.17, 15) is 14.3 Å². The summed E-state index contributed by atoms with van der Waals surface area (Å²) in [5, 5.41) is 0. The summed E-state index contributed by atoms with van der Waals surface area (Å²) in [5.41, 5.74) is 0. The Morgan fingerprint density at radius 2 is 1.04 bits per heavy atom. The van der Waals surface area contributed by atoms with Crippen LogP contribution in [0.25, 0.3) is 0 Å². The van der Waals surface area contributed by atoms with Gasteiger partial charge in [-0.25, -0.2) is 0 Å². The fourth-order valence-corrected chi connectivity index (χ4v) is 6.78. The van der Waals surface area contributed by atoms with Crippen LogP contribution in [0.5, 0.6) is 0 Å². The summed E-state index contributed by atoms with van der Waals surface area (Å²) in [5.74, 6) is -0.340. The molecule has 8 nitrogen and oxygen atoms in total. The summed E-state index contributed by atoms with van der Waals surface area (Å²) >= 11 is 0. The second kappa shape index (κ2) is 37.9. The van der Waals surface area contributed by atoms with Crippen molar-refractivity contribution in [2.24, 2.45) is 0 Å². The van der Waals surface area contributed by atoms with E-state index in [2.05, 4.69) is 38.2 Å². The monoisotopic (exact) mass is 772 g/mol. The van der Waals surface area contributed by atoms with Gasteiger partial charge in [-0.3, -0.25) is 9.36 Å². The van der Waals surface area contributed by atoms with Crippen LogP contribution in [0.4, 0.5) is 0 Å². The average molecular weight is 772 g/mol. The number of hydrogen-bond acceptors (Lipinski definition) is 7. The van der Waals surface area contributed by atoms with Crippen molar-refractivity contribution in [3.63, 3.8) is 0 Å². The van der Waals surface area contributed by atoms with Crippen LogP contribution >= 0.6 is 7.82 Å². The number of likely N-dealkylation sites (N-methyl/N-ethyl adjacent to an activating group) is 1. The van der Waals surface area contributed by atoms with Crippen LogP contribution < -0.4 is 4.89 Å². The van der Waals surface area contributed by atoms with Crippen molar-refractivity contribution < 1.29 is 37.3 Å². The Morgan fingerprint density at radius 1 is 0.585 bits per heavy atom. The molecule has 1 unspecified atom stereocenters. The zero-order valence-electron chi connectivity index (χ0n) is 35.5. The Labute approximate surface area is 328 Å². The molecule has 0 aromatic heterocycles. The van der Waals surface area contributed by atoms with Gasteiger partial charge in [-0.1, -0.05) is 167 Å². The van der Waals surface area contributed by atoms with Crippen LogP contribution in [0.3, 0.4) is 0 Å². The van der Waals surface area contributed by atoms with Crippen LogP contribution in [-0.4, -0.2) is 70.7 Å². The average Bonchev–Trinajstić information content (AvgIpc) is 3.11. The molecule has 314 valence electrons. The van der Waals surface area contributed by atoms with Gasteiger partial charge in [-0.05, 0) is 44.9 Å². The predicted molar refractivity (Wildman–Crippen MR) is 222 cm³/mol. The highest BCUT2D eigenvalue weighted by atomic mass is 31.2. The third-order valence-corrected chi connectivity index (χ3v) is 10.5. The quantitative estimate of drug-likeness (QED) is 0.0201. The minimum Gasteiger partial charge on any atom is -0.756 e. The van der Waals surface area contributed by atoms with Crippen molar-refractivity contribution >= 4 is 13.8 Å². The summed E-state index contributed by atoms with van der Waals surface area (Å²) in [6.07, 6.45) is 41.8. The van der Waals surface area contributed by atoms with E-state index in [0.29, 0.717) is 24.1 Å². The Kier molecular flexibility index (Phi) is 37.2. The maximum atomic E-state index is 12.7. The molecule has 53 heavy (non-hydrogen) atoms. The van der Waals surface area contributed by atoms with Gasteiger partial charge in [-0.2, -0.15) is 0 Å². The number of esters is 1. The van der Waals surface area contributed by atoms with E-state index in [1.807, 2.05) is 21.1 Å². The Hall–Kier alpha value is -1.02. The fourth-order valence-electron chi connectivity index (χ4n) is 6.05. The Morgan fingerprint density at radius 3 is 1.57 bits per heavy atom. The lowest BCUT2D eigenvalue weighted by Gasteiger charge is -2.28. The van der Waals surface area contributed by atoms with Gasteiger partial charge < -0.3 is 27.9 Å². The van der Waals surface area contributed by atoms with Crippen molar-refractivity contribution in [1.82, 2.24) is 0 Å². The molecule has 0 aromatic rings. The number of phosphoric acid groups is 1. The van der Waals surface area contributed by atoms with E-state index >= 15 is 0 Å². The zero-order chi connectivity index (χ0) is 39.1. The molecule has 0 rings (SSSR count). The molecular formula is C44H86NO7P. The van der Waals surface area contributed by atoms with Crippen LogP contribution in [0.15, 0.2) is 24.3 Å². The molecule has 0 aliphatic rings. The number of quaternary nitrogens is 1. The molecule has 0 saturated carbocycles. The maximum Gasteiger partial charge on any atom is 0.306 e. The standard InChI is InChI=1S/C44H86NO7P/c1-6-8-10-12-14-16-18-20-22-23-24-25-27-29-31-33-35-37-44(46)52-43(42-51-53(47,48)50-40-38-45(3,4)5)41-49-39-36-34-32-30-28-26-21-19-17-15-13-11-9-7-2/h14,16,20,22,43H,6-13,15,17-19,21,23-42H2,1-5H3/b16-14-,22-20-/t43-/m1/s1. The van der Waals surface area contributed by atoms with Crippen LogP contribution in [-0.2, 0) is 27.9 Å². The first-order valence-electron chi connectivity index (χ1n) is 22.1. The molecule has 0 aromatic carbocycles. The minimum atomic E-state index is -4.52. The molecule has 0 N–H and O–H groups in total. The number of hydrogen-bond donors (Lipinski definition) is 0. The van der Waals surface area contributed by atoms with Gasteiger partial charge >= 0.3 is 5.97 Å². The van der Waals surface area contributed by atoms with Crippen molar-refractivity contribution in [2.45, 2.75) is 200 Å². The molecule has 0 aliphatic heterocycles. The Balaban J connectivity index is 4.23. The third kappa shape index (κ3) is 42.0. The smallest absolute Gasteiger partial charge is 0.306 e. The summed E-state index contributed by atoms with van der Waals surface area (Å²) < 4.78 is 34.6. The number of rotatable bonds is 41. The molecular weight excluding hydrogens is 685 g/mol. The van der Waals surface area contributed by atoms with E-state index in [-0.39, 0.29) is 25.8 Å². The predicted octanol–water partition coefficient (Wildman–Crippen LogP) is 12.2. The molecule has 0 fully saturated rings. The number of carbonyl (C=O) groups excluding carboxylic acids is 1. The van der Waals surface area contributed by atoms with Crippen LogP contribution in [0, 0.1) is 0 Å². The molecule has 0 heterocycles. The molecule has 0 amide bonds. The summed E-state index contributed by atoms with van der Waals surface area (Å²) in [4.78, 5) is 25.0. The van der Waals surface area contributed by atoms with E-state index in [1.54, 1.807) is 0 Å². The topological polar surface area (TPSA) is 94.1 Å². The van der Waals surface area contributed by atoms with Crippen molar-refractivity contribution in [2.75, 3.05) is 54.1 Å². The highest BCUT2D eigenvalue weighted by Gasteiger charge is 2.20. The lowest BCUT2D eigenvalue weighted by Crippen LogP contribution is -2.37. The minimum absolute atomic E-state index is 0.0263. The first-order chi connectivity index (χ1) is 25.6. The Bertz CT molecular complexity index is 905. The summed E-state index contributed by atoms with van der Waals surface area (Å²) in [7, 11) is 1.36. The highest BCUT2D eigenvalue weighted by Crippen LogP contribution is 2.38. The van der Waals surface area contributed by atoms with Crippen molar-refractivity contribution in [3.8, 4) is 0 Å². The third-order valence-electron chi connectivity index (χ3n) is 9.51. The molecule has 0 bridgehead atoms. The van der Waals surface area contributed by atoms with Gasteiger partial charge in [0.1, 0.15) is 19.3 Å². The second-order valence-electron chi connectivity index (χ2n) is 16.1. The summed E-state index contributed by atoms with van der Waals surface area (Å²) in [6, 6.07) is 0. The highest BCUT2D eigenvalue weighted by molar-refractivity contribution is 7.45. The molecule has 2 atom stereocenters. The number of unbranched alkanes of at least 4 members (excludes halogenated alkanes) is 23. The lowest BCUT2D eigenvalue weighted by molar-refractivity contribution is -0.870.